The Morgan fingerprint density at radius 3 is 2.84 bits per heavy atom. The Hall–Kier alpha value is -0.220. The van der Waals surface area contributed by atoms with E-state index in [2.05, 4.69) is 6.92 Å². The van der Waals surface area contributed by atoms with Crippen molar-refractivity contribution in [2.24, 2.45) is 5.92 Å². The highest BCUT2D eigenvalue weighted by Crippen LogP contribution is 2.43. The fourth-order valence-electron chi connectivity index (χ4n) is 4.04. The van der Waals surface area contributed by atoms with Crippen molar-refractivity contribution in [2.45, 2.75) is 62.2 Å². The predicted molar refractivity (Wildman–Crippen MR) is 78.2 cm³/mol. The maximum absolute atomic E-state index is 12.7. The van der Waals surface area contributed by atoms with E-state index in [0.717, 1.165) is 57.4 Å². The zero-order chi connectivity index (χ0) is 13.5. The molecule has 3 aliphatic rings. The minimum atomic E-state index is -0.473. The predicted octanol–water partition coefficient (Wildman–Crippen LogP) is 2.43. The summed E-state index contributed by atoms with van der Waals surface area (Å²) < 4.78 is -0.190. The van der Waals surface area contributed by atoms with Crippen LogP contribution >= 0.6 is 11.8 Å². The van der Waals surface area contributed by atoms with Crippen molar-refractivity contribution < 1.29 is 9.90 Å². The zero-order valence-electron chi connectivity index (χ0n) is 11.9. The second-order valence-corrected chi connectivity index (χ2v) is 8.33. The summed E-state index contributed by atoms with van der Waals surface area (Å²) in [5.41, 5.74) is -0.473. The van der Waals surface area contributed by atoms with E-state index in [9.17, 15) is 9.90 Å². The first-order valence-corrected chi connectivity index (χ1v) is 8.68. The van der Waals surface area contributed by atoms with Crippen molar-refractivity contribution in [1.82, 2.24) is 4.90 Å². The Morgan fingerprint density at radius 1 is 1.26 bits per heavy atom. The number of hydrogen-bond donors (Lipinski definition) is 1. The molecule has 2 saturated heterocycles. The summed E-state index contributed by atoms with van der Waals surface area (Å²) in [6.07, 6.45) is 7.34. The number of piperidine rings is 1. The van der Waals surface area contributed by atoms with Gasteiger partial charge in [-0.3, -0.25) is 4.79 Å². The van der Waals surface area contributed by atoms with Crippen LogP contribution in [0.15, 0.2) is 0 Å². The average molecular weight is 283 g/mol. The molecular weight excluding hydrogens is 258 g/mol. The number of carbonyl (C=O) groups is 1. The molecule has 0 aromatic rings. The molecule has 0 aromatic carbocycles. The Kier molecular flexibility index (Phi) is 3.59. The van der Waals surface area contributed by atoms with E-state index in [1.807, 2.05) is 16.7 Å². The molecule has 4 heteroatoms. The van der Waals surface area contributed by atoms with Gasteiger partial charge < -0.3 is 10.0 Å². The first kappa shape index (κ1) is 13.7. The van der Waals surface area contributed by atoms with Crippen LogP contribution in [0.4, 0.5) is 0 Å². The standard InChI is InChI=1S/C15H25NO2S/c1-14(6-4-10-19-14)13(17)16-9-8-15(18)7-3-2-5-12(15)11-16/h12,18H,2-11H2,1H3. The van der Waals surface area contributed by atoms with E-state index in [-0.39, 0.29) is 4.75 Å². The topological polar surface area (TPSA) is 40.5 Å². The third-order valence-electron chi connectivity index (χ3n) is 5.39. The van der Waals surface area contributed by atoms with Crippen LogP contribution < -0.4 is 0 Å². The van der Waals surface area contributed by atoms with Crippen LogP contribution in [0, 0.1) is 5.92 Å². The number of thioether (sulfide) groups is 1. The highest BCUT2D eigenvalue weighted by Gasteiger charge is 2.47. The van der Waals surface area contributed by atoms with Crippen LogP contribution in [-0.4, -0.2) is 45.1 Å². The molecule has 19 heavy (non-hydrogen) atoms. The SMILES string of the molecule is CC1(C(=O)N2CCC3(O)CCCCC3C2)CCCS1. The highest BCUT2D eigenvalue weighted by atomic mass is 32.2. The number of rotatable bonds is 1. The maximum Gasteiger partial charge on any atom is 0.238 e. The monoisotopic (exact) mass is 283 g/mol. The molecule has 2 heterocycles. The van der Waals surface area contributed by atoms with Crippen molar-refractivity contribution in [3.8, 4) is 0 Å². The van der Waals surface area contributed by atoms with Crippen molar-refractivity contribution in [3.05, 3.63) is 0 Å². The van der Waals surface area contributed by atoms with Crippen molar-refractivity contribution in [2.75, 3.05) is 18.8 Å². The van der Waals surface area contributed by atoms with Crippen molar-refractivity contribution >= 4 is 17.7 Å². The van der Waals surface area contributed by atoms with Crippen LogP contribution in [0.25, 0.3) is 0 Å². The Bertz CT molecular complexity index is 367. The summed E-state index contributed by atoms with van der Waals surface area (Å²) in [5, 5.41) is 10.7. The molecule has 0 bridgehead atoms. The molecule has 0 aromatic heterocycles. The maximum atomic E-state index is 12.7. The van der Waals surface area contributed by atoms with Gasteiger partial charge in [0, 0.05) is 19.0 Å². The summed E-state index contributed by atoms with van der Waals surface area (Å²) in [6, 6.07) is 0. The Morgan fingerprint density at radius 2 is 2.11 bits per heavy atom. The van der Waals surface area contributed by atoms with Gasteiger partial charge in [0.2, 0.25) is 5.91 Å². The van der Waals surface area contributed by atoms with E-state index in [1.165, 1.54) is 6.42 Å². The molecule has 3 fully saturated rings. The van der Waals surface area contributed by atoms with Crippen LogP contribution in [0.5, 0.6) is 0 Å². The smallest absolute Gasteiger partial charge is 0.238 e. The van der Waals surface area contributed by atoms with Gasteiger partial charge in [-0.25, -0.2) is 0 Å². The molecule has 1 N–H and O–H groups in total. The molecule has 108 valence electrons. The largest absolute Gasteiger partial charge is 0.389 e. The molecule has 3 nitrogen and oxygen atoms in total. The fraction of sp³-hybridized carbons (Fsp3) is 0.933. The molecule has 1 saturated carbocycles. The minimum absolute atomic E-state index is 0.190. The van der Waals surface area contributed by atoms with Crippen LogP contribution in [0.2, 0.25) is 0 Å². The Balaban J connectivity index is 1.69. The lowest BCUT2D eigenvalue weighted by molar-refractivity contribution is -0.145. The number of hydrogen-bond acceptors (Lipinski definition) is 3. The van der Waals surface area contributed by atoms with Gasteiger partial charge in [-0.2, -0.15) is 0 Å². The van der Waals surface area contributed by atoms with Gasteiger partial charge in [0.15, 0.2) is 0 Å². The van der Waals surface area contributed by atoms with E-state index >= 15 is 0 Å². The fourth-order valence-corrected chi connectivity index (χ4v) is 5.32. The molecular formula is C15H25NO2S. The van der Waals surface area contributed by atoms with Gasteiger partial charge in [0.1, 0.15) is 0 Å². The molecule has 1 aliphatic carbocycles. The van der Waals surface area contributed by atoms with Gasteiger partial charge in [-0.1, -0.05) is 12.8 Å². The van der Waals surface area contributed by atoms with Crippen molar-refractivity contribution in [3.63, 3.8) is 0 Å². The second kappa shape index (κ2) is 4.96. The summed E-state index contributed by atoms with van der Waals surface area (Å²) >= 11 is 1.82. The van der Waals surface area contributed by atoms with Gasteiger partial charge in [0.05, 0.1) is 10.3 Å². The van der Waals surface area contributed by atoms with Gasteiger partial charge in [-0.15, -0.1) is 11.8 Å². The van der Waals surface area contributed by atoms with Gasteiger partial charge in [-0.05, 0) is 44.8 Å². The number of amides is 1. The second-order valence-electron chi connectivity index (χ2n) is 6.73. The van der Waals surface area contributed by atoms with Crippen molar-refractivity contribution in [1.29, 1.82) is 0 Å². The zero-order valence-corrected chi connectivity index (χ0v) is 12.7. The number of carbonyl (C=O) groups excluding carboxylic acids is 1. The minimum Gasteiger partial charge on any atom is -0.389 e. The average Bonchev–Trinajstić information content (AvgIpc) is 2.85. The summed E-state index contributed by atoms with van der Waals surface area (Å²) in [4.78, 5) is 14.8. The lowest BCUT2D eigenvalue weighted by Gasteiger charge is -2.48. The number of fused-ring (bicyclic) bond motifs is 1. The molecule has 2 aliphatic heterocycles. The van der Waals surface area contributed by atoms with Crippen LogP contribution in [0.1, 0.15) is 51.9 Å². The van der Waals surface area contributed by atoms with E-state index in [4.69, 9.17) is 0 Å². The molecule has 1 amide bonds. The normalized spacial score (nSPS) is 43.1. The lowest BCUT2D eigenvalue weighted by Crippen LogP contribution is -2.57. The third kappa shape index (κ3) is 2.42. The first-order chi connectivity index (χ1) is 9.04. The Labute approximate surface area is 120 Å². The highest BCUT2D eigenvalue weighted by molar-refractivity contribution is 8.01. The number of nitrogens with zero attached hydrogens (tertiary/aromatic N) is 1. The molecule has 3 unspecified atom stereocenters. The van der Waals surface area contributed by atoms with Gasteiger partial charge >= 0.3 is 0 Å². The summed E-state index contributed by atoms with van der Waals surface area (Å²) in [5.74, 6) is 1.75. The molecule has 3 atom stereocenters. The molecule has 3 rings (SSSR count). The molecule has 0 spiro atoms. The van der Waals surface area contributed by atoms with Crippen LogP contribution in [0.3, 0.4) is 0 Å². The third-order valence-corrected chi connectivity index (χ3v) is 6.89. The quantitative estimate of drug-likeness (QED) is 0.803. The number of aliphatic hydroxyl groups is 1. The lowest BCUT2D eigenvalue weighted by atomic mass is 9.71. The first-order valence-electron chi connectivity index (χ1n) is 7.69. The van der Waals surface area contributed by atoms with E-state index < -0.39 is 5.60 Å². The summed E-state index contributed by atoms with van der Waals surface area (Å²) in [6.45, 7) is 3.64. The van der Waals surface area contributed by atoms with Gasteiger partial charge in [0.25, 0.3) is 0 Å². The van der Waals surface area contributed by atoms with E-state index in [0.29, 0.717) is 11.8 Å². The summed E-state index contributed by atoms with van der Waals surface area (Å²) in [7, 11) is 0. The van der Waals surface area contributed by atoms with Crippen LogP contribution in [-0.2, 0) is 4.79 Å². The molecule has 0 radical (unpaired) electrons. The van der Waals surface area contributed by atoms with E-state index in [1.54, 1.807) is 0 Å². The number of likely N-dealkylation sites (tertiary alicyclic amines) is 1.